The molecule has 0 aliphatic heterocycles. The van der Waals surface area contributed by atoms with Crippen molar-refractivity contribution in [2.45, 2.75) is 73.3 Å². The smallest absolute Gasteiger partial charge is 0.229 e. The largest absolute Gasteiger partial charge is 0.330 e. The second-order valence-corrected chi connectivity index (χ2v) is 7.81. The summed E-state index contributed by atoms with van der Waals surface area (Å²) in [6.45, 7) is 14.5. The zero-order valence-electron chi connectivity index (χ0n) is 19.0. The minimum atomic E-state index is -0.0850. The fourth-order valence-corrected chi connectivity index (χ4v) is 2.46. The molecule has 0 unspecified atom stereocenters. The van der Waals surface area contributed by atoms with Gasteiger partial charge in [0, 0.05) is 29.3 Å². The summed E-state index contributed by atoms with van der Waals surface area (Å²) in [6, 6.07) is 0. The Hall–Kier alpha value is -2.80. The predicted molar refractivity (Wildman–Crippen MR) is 124 cm³/mol. The molecular weight excluding hydrogens is 358 g/mol. The number of allylic oxidation sites excluding steroid dienone is 7. The first-order valence-electron chi connectivity index (χ1n) is 10.3. The van der Waals surface area contributed by atoms with Crippen LogP contribution in [0, 0.1) is 11.8 Å². The molecule has 0 atom stereocenters. The molecule has 0 spiro atoms. The van der Waals surface area contributed by atoms with Crippen molar-refractivity contribution in [2.75, 3.05) is 5.32 Å². The Balaban J connectivity index is 2.74. The van der Waals surface area contributed by atoms with E-state index in [0.29, 0.717) is 12.2 Å². The Kier molecular flexibility index (Phi) is 9.96. The number of hydrogen-bond donors (Lipinski definition) is 1. The van der Waals surface area contributed by atoms with Crippen LogP contribution in [0.2, 0.25) is 0 Å². The molecule has 4 nitrogen and oxygen atoms in total. The maximum Gasteiger partial charge on any atom is 0.229 e. The van der Waals surface area contributed by atoms with E-state index in [1.54, 1.807) is 6.33 Å². The fraction of sp³-hybridized carbons (Fsp3) is 0.440. The third kappa shape index (κ3) is 8.83. The van der Waals surface area contributed by atoms with E-state index >= 15 is 0 Å². The van der Waals surface area contributed by atoms with E-state index < -0.39 is 0 Å². The van der Waals surface area contributed by atoms with E-state index in [2.05, 4.69) is 68.9 Å². The minimum Gasteiger partial charge on any atom is -0.330 e. The van der Waals surface area contributed by atoms with Crippen LogP contribution in [0.3, 0.4) is 0 Å². The third-order valence-electron chi connectivity index (χ3n) is 4.33. The molecule has 0 fully saturated rings. The molecule has 4 heteroatoms. The number of carbonyl (C=O) groups excluding carboxylic acids is 1. The van der Waals surface area contributed by atoms with Gasteiger partial charge in [0.25, 0.3) is 0 Å². The lowest BCUT2D eigenvalue weighted by atomic mass is 10.1. The van der Waals surface area contributed by atoms with Gasteiger partial charge in [0.15, 0.2) is 5.82 Å². The minimum absolute atomic E-state index is 0.0610. The quantitative estimate of drug-likeness (QED) is 0.445. The highest BCUT2D eigenvalue weighted by Gasteiger charge is 2.13. The number of imidazole rings is 1. The molecule has 0 aromatic carbocycles. The molecule has 1 heterocycles. The van der Waals surface area contributed by atoms with E-state index in [1.165, 1.54) is 0 Å². The van der Waals surface area contributed by atoms with Gasteiger partial charge >= 0.3 is 0 Å². The van der Waals surface area contributed by atoms with Crippen molar-refractivity contribution in [2.24, 2.45) is 0 Å². The summed E-state index contributed by atoms with van der Waals surface area (Å²) in [6.07, 6.45) is 15.7. The van der Waals surface area contributed by atoms with Crippen LogP contribution in [0.25, 0.3) is 0 Å². The van der Waals surface area contributed by atoms with Gasteiger partial charge in [0.05, 0.1) is 6.33 Å². The number of amides is 1. The highest BCUT2D eigenvalue weighted by molar-refractivity contribution is 5.90. The molecular formula is C25H35N3O. The van der Waals surface area contributed by atoms with Crippen LogP contribution in [0.5, 0.6) is 0 Å². The van der Waals surface area contributed by atoms with Crippen molar-refractivity contribution in [3.05, 3.63) is 59.6 Å². The Morgan fingerprint density at radius 2 is 1.93 bits per heavy atom. The zero-order chi connectivity index (χ0) is 21.9. The first-order valence-corrected chi connectivity index (χ1v) is 10.3. The Labute approximate surface area is 176 Å². The second kappa shape index (κ2) is 11.9. The zero-order valence-corrected chi connectivity index (χ0v) is 19.0. The number of hydrogen-bond acceptors (Lipinski definition) is 2. The van der Waals surface area contributed by atoms with Gasteiger partial charge in [-0.25, -0.2) is 4.98 Å². The molecule has 1 N–H and O–H groups in total. The van der Waals surface area contributed by atoms with Crippen LogP contribution in [0.15, 0.2) is 59.6 Å². The van der Waals surface area contributed by atoms with Gasteiger partial charge in [-0.3, -0.25) is 4.79 Å². The Morgan fingerprint density at radius 3 is 2.48 bits per heavy atom. The third-order valence-corrected chi connectivity index (χ3v) is 4.33. The van der Waals surface area contributed by atoms with E-state index in [4.69, 9.17) is 0 Å². The SMILES string of the molecule is C/C=C(C#C/C(CC)=C(C)/C=C\CC(=O)Nc1cn(C(C)(C)C)cn1)\C=C/CC. The van der Waals surface area contributed by atoms with E-state index in [9.17, 15) is 4.79 Å². The van der Waals surface area contributed by atoms with Crippen LogP contribution in [-0.4, -0.2) is 15.5 Å². The lowest BCUT2D eigenvalue weighted by molar-refractivity contribution is -0.115. The number of nitrogens with one attached hydrogen (secondary N) is 1. The van der Waals surface area contributed by atoms with Crippen molar-refractivity contribution in [3.63, 3.8) is 0 Å². The van der Waals surface area contributed by atoms with Crippen LogP contribution < -0.4 is 5.32 Å². The van der Waals surface area contributed by atoms with Gasteiger partial charge in [-0.15, -0.1) is 0 Å². The number of carbonyl (C=O) groups is 1. The molecule has 1 rings (SSSR count). The summed E-state index contributed by atoms with van der Waals surface area (Å²) in [5.74, 6) is 6.98. The average Bonchev–Trinajstić information content (AvgIpc) is 3.13. The molecule has 0 saturated carbocycles. The molecule has 1 aromatic rings. The number of anilines is 1. The average molecular weight is 394 g/mol. The summed E-state index contributed by atoms with van der Waals surface area (Å²) in [4.78, 5) is 16.4. The summed E-state index contributed by atoms with van der Waals surface area (Å²) in [7, 11) is 0. The highest BCUT2D eigenvalue weighted by atomic mass is 16.1. The number of rotatable bonds is 7. The van der Waals surface area contributed by atoms with Gasteiger partial charge in [0.1, 0.15) is 0 Å². The second-order valence-electron chi connectivity index (χ2n) is 7.81. The lowest BCUT2D eigenvalue weighted by Crippen LogP contribution is -2.19. The first kappa shape index (κ1) is 24.2. The van der Waals surface area contributed by atoms with Gasteiger partial charge < -0.3 is 9.88 Å². The van der Waals surface area contributed by atoms with Gasteiger partial charge in [0.2, 0.25) is 5.91 Å². The maximum absolute atomic E-state index is 12.2. The van der Waals surface area contributed by atoms with E-state index in [-0.39, 0.29) is 11.4 Å². The first-order chi connectivity index (χ1) is 13.7. The van der Waals surface area contributed by atoms with Crippen molar-refractivity contribution in [1.29, 1.82) is 0 Å². The maximum atomic E-state index is 12.2. The molecule has 0 aliphatic rings. The summed E-state index contributed by atoms with van der Waals surface area (Å²) < 4.78 is 1.98. The van der Waals surface area contributed by atoms with Gasteiger partial charge in [-0.05, 0) is 53.0 Å². The van der Waals surface area contributed by atoms with Crippen molar-refractivity contribution in [3.8, 4) is 11.8 Å². The van der Waals surface area contributed by atoms with Crippen LogP contribution in [-0.2, 0) is 10.3 Å². The lowest BCUT2D eigenvalue weighted by Gasteiger charge is -2.19. The molecule has 0 bridgehead atoms. The fourth-order valence-electron chi connectivity index (χ4n) is 2.46. The number of aromatic nitrogens is 2. The molecule has 1 amide bonds. The van der Waals surface area contributed by atoms with E-state index in [1.807, 2.05) is 42.8 Å². The highest BCUT2D eigenvalue weighted by Crippen LogP contribution is 2.16. The summed E-state index contributed by atoms with van der Waals surface area (Å²) >= 11 is 0. The molecule has 0 radical (unpaired) electrons. The molecule has 29 heavy (non-hydrogen) atoms. The van der Waals surface area contributed by atoms with Crippen LogP contribution in [0.1, 0.15) is 67.7 Å². The van der Waals surface area contributed by atoms with Gasteiger partial charge in [-0.2, -0.15) is 0 Å². The summed E-state index contributed by atoms with van der Waals surface area (Å²) in [5, 5.41) is 2.84. The topological polar surface area (TPSA) is 46.9 Å². The van der Waals surface area contributed by atoms with Gasteiger partial charge in [-0.1, -0.05) is 56.1 Å². The Morgan fingerprint density at radius 1 is 1.21 bits per heavy atom. The molecule has 0 aliphatic carbocycles. The molecule has 156 valence electrons. The standard InChI is InChI=1S/C25H35N3O/c1-8-11-14-21(9-2)16-17-22(10-3)20(4)13-12-15-24(29)27-23-18-28(19-26-23)25(5,6)7/h9,11-14,18-19H,8,10,15H2,1-7H3,(H,27,29)/b13-12-,14-11-,21-9+,22-20+. The molecule has 1 aromatic heterocycles. The monoisotopic (exact) mass is 393 g/mol. The summed E-state index contributed by atoms with van der Waals surface area (Å²) in [5.41, 5.74) is 3.12. The van der Waals surface area contributed by atoms with Crippen LogP contribution >= 0.6 is 0 Å². The molecule has 0 saturated heterocycles. The predicted octanol–water partition coefficient (Wildman–Crippen LogP) is 6.17. The Bertz CT molecular complexity index is 862. The normalized spacial score (nSPS) is 13.4. The van der Waals surface area contributed by atoms with Crippen molar-refractivity contribution in [1.82, 2.24) is 9.55 Å². The van der Waals surface area contributed by atoms with Crippen molar-refractivity contribution < 1.29 is 4.79 Å². The van der Waals surface area contributed by atoms with E-state index in [0.717, 1.165) is 29.6 Å². The van der Waals surface area contributed by atoms with Crippen molar-refractivity contribution >= 4 is 11.7 Å². The van der Waals surface area contributed by atoms with Crippen LogP contribution in [0.4, 0.5) is 5.82 Å². The number of nitrogens with zero attached hydrogens (tertiary/aromatic N) is 2.